The maximum Gasteiger partial charge on any atom is 0.262 e. The Kier molecular flexibility index (Phi) is 5.97. The van der Waals surface area contributed by atoms with E-state index in [4.69, 9.17) is 0 Å². The Morgan fingerprint density at radius 1 is 1.06 bits per heavy atom. The fraction of sp³-hybridized carbons (Fsp3) is 0.0833. The van der Waals surface area contributed by atoms with Crippen LogP contribution in [0, 0.1) is 0 Å². The first-order chi connectivity index (χ1) is 16.2. The number of pyridine rings is 1. The lowest BCUT2D eigenvalue weighted by molar-refractivity contribution is -0.118. The number of rotatable bonds is 7. The summed E-state index contributed by atoms with van der Waals surface area (Å²) < 4.78 is 0. The highest BCUT2D eigenvalue weighted by molar-refractivity contribution is 7.14. The van der Waals surface area contributed by atoms with Crippen LogP contribution in [0.3, 0.4) is 0 Å². The second-order valence-electron chi connectivity index (χ2n) is 7.34. The van der Waals surface area contributed by atoms with E-state index in [0.29, 0.717) is 16.4 Å². The summed E-state index contributed by atoms with van der Waals surface area (Å²) in [5.41, 5.74) is 3.54. The standard InChI is InChI=1S/C24H19N5O2S2/c30-22(29-24-28-20(14-33-24)15-5-3-9-25-12-15)19(27-23(31)21-8-4-10-32-21)11-16-13-26-18-7-2-1-6-17(16)18/h1-10,12-14,19,26H,11H2,(H,27,31)(H,28,29,30)/t19-/m0/s1. The highest BCUT2D eigenvalue weighted by Crippen LogP contribution is 2.25. The van der Waals surface area contributed by atoms with Crippen LogP contribution < -0.4 is 10.6 Å². The number of H-pyrrole nitrogens is 1. The third-order valence-electron chi connectivity index (χ3n) is 5.16. The molecule has 0 unspecified atom stereocenters. The number of fused-ring (bicyclic) bond motifs is 1. The van der Waals surface area contributed by atoms with Crippen LogP contribution in [0.5, 0.6) is 0 Å². The molecule has 7 nitrogen and oxygen atoms in total. The van der Waals surface area contributed by atoms with Gasteiger partial charge in [-0.05, 0) is 35.2 Å². The molecular formula is C24H19N5O2S2. The van der Waals surface area contributed by atoms with Gasteiger partial charge in [0.2, 0.25) is 5.91 Å². The molecule has 0 aliphatic rings. The molecule has 5 aromatic rings. The Labute approximate surface area is 197 Å². The van der Waals surface area contributed by atoms with Gasteiger partial charge < -0.3 is 15.6 Å². The molecular weight excluding hydrogens is 454 g/mol. The summed E-state index contributed by atoms with van der Waals surface area (Å²) in [5, 5.41) is 11.0. The van der Waals surface area contributed by atoms with Crippen LogP contribution in [-0.4, -0.2) is 32.8 Å². The summed E-state index contributed by atoms with van der Waals surface area (Å²) in [6.45, 7) is 0. The quantitative estimate of drug-likeness (QED) is 0.318. The van der Waals surface area contributed by atoms with Crippen molar-refractivity contribution >= 4 is 50.5 Å². The molecule has 0 aliphatic carbocycles. The normalized spacial score (nSPS) is 11.9. The van der Waals surface area contributed by atoms with Crippen LogP contribution in [0.15, 0.2) is 77.9 Å². The molecule has 1 atom stereocenters. The average molecular weight is 474 g/mol. The molecule has 1 aromatic carbocycles. The number of amides is 2. The molecule has 164 valence electrons. The number of aromatic amines is 1. The first kappa shape index (κ1) is 21.0. The Morgan fingerprint density at radius 2 is 1.97 bits per heavy atom. The predicted octanol–water partition coefficient (Wildman–Crippen LogP) is 4.73. The van der Waals surface area contributed by atoms with Crippen LogP contribution in [0.4, 0.5) is 5.13 Å². The maximum absolute atomic E-state index is 13.2. The summed E-state index contributed by atoms with van der Waals surface area (Å²) in [5.74, 6) is -0.600. The molecule has 0 saturated carbocycles. The van der Waals surface area contributed by atoms with Crippen molar-refractivity contribution in [3.8, 4) is 11.3 Å². The Bertz CT molecular complexity index is 1390. The van der Waals surface area contributed by atoms with E-state index in [1.807, 2.05) is 59.4 Å². The number of benzene rings is 1. The average Bonchev–Trinajstić information content (AvgIpc) is 3.61. The largest absolute Gasteiger partial charge is 0.361 e. The van der Waals surface area contributed by atoms with Crippen molar-refractivity contribution in [2.45, 2.75) is 12.5 Å². The minimum absolute atomic E-state index is 0.278. The van der Waals surface area contributed by atoms with E-state index in [9.17, 15) is 9.59 Å². The number of hydrogen-bond acceptors (Lipinski definition) is 6. The van der Waals surface area contributed by atoms with Gasteiger partial charge in [-0.25, -0.2) is 4.98 Å². The molecule has 0 radical (unpaired) electrons. The fourth-order valence-corrected chi connectivity index (χ4v) is 4.89. The van der Waals surface area contributed by atoms with E-state index >= 15 is 0 Å². The van der Waals surface area contributed by atoms with Crippen LogP contribution in [-0.2, 0) is 11.2 Å². The molecule has 0 fully saturated rings. The number of para-hydroxylation sites is 1. The van der Waals surface area contributed by atoms with Crippen LogP contribution >= 0.6 is 22.7 Å². The number of anilines is 1. The fourth-order valence-electron chi connectivity index (χ4n) is 3.54. The van der Waals surface area contributed by atoms with E-state index in [1.165, 1.54) is 22.7 Å². The summed E-state index contributed by atoms with van der Waals surface area (Å²) in [6, 6.07) is 14.4. The third-order valence-corrected chi connectivity index (χ3v) is 6.78. The van der Waals surface area contributed by atoms with Gasteiger partial charge in [0.25, 0.3) is 5.91 Å². The van der Waals surface area contributed by atoms with Crippen LogP contribution in [0.25, 0.3) is 22.2 Å². The first-order valence-corrected chi connectivity index (χ1v) is 12.0. The minimum atomic E-state index is -0.774. The van der Waals surface area contributed by atoms with Gasteiger partial charge >= 0.3 is 0 Å². The van der Waals surface area contributed by atoms with Gasteiger partial charge in [-0.1, -0.05) is 24.3 Å². The van der Waals surface area contributed by atoms with Crippen molar-refractivity contribution < 1.29 is 9.59 Å². The Balaban J connectivity index is 1.38. The van der Waals surface area contributed by atoms with E-state index < -0.39 is 6.04 Å². The number of carbonyl (C=O) groups is 2. The van der Waals surface area contributed by atoms with Gasteiger partial charge in [0.15, 0.2) is 5.13 Å². The SMILES string of the molecule is O=C(N[C@@H](Cc1c[nH]c2ccccc12)C(=O)Nc1nc(-c2cccnc2)cs1)c1cccs1. The van der Waals surface area contributed by atoms with Crippen molar-refractivity contribution in [1.29, 1.82) is 0 Å². The minimum Gasteiger partial charge on any atom is -0.361 e. The third kappa shape index (κ3) is 4.69. The number of nitrogens with one attached hydrogen (secondary N) is 3. The van der Waals surface area contributed by atoms with Crippen molar-refractivity contribution in [2.24, 2.45) is 0 Å². The molecule has 4 aromatic heterocycles. The zero-order valence-electron chi connectivity index (χ0n) is 17.3. The molecule has 2 amide bonds. The van der Waals surface area contributed by atoms with E-state index in [1.54, 1.807) is 18.5 Å². The molecule has 0 bridgehead atoms. The molecule has 0 spiro atoms. The summed E-state index contributed by atoms with van der Waals surface area (Å²) in [6.07, 6.45) is 5.64. The van der Waals surface area contributed by atoms with E-state index in [2.05, 4.69) is 25.6 Å². The lowest BCUT2D eigenvalue weighted by atomic mass is 10.0. The first-order valence-electron chi connectivity index (χ1n) is 10.2. The Hall–Kier alpha value is -3.82. The summed E-state index contributed by atoms with van der Waals surface area (Å²) in [7, 11) is 0. The lowest BCUT2D eigenvalue weighted by Crippen LogP contribution is -2.45. The van der Waals surface area contributed by atoms with Gasteiger partial charge in [0.05, 0.1) is 10.6 Å². The smallest absolute Gasteiger partial charge is 0.262 e. The Morgan fingerprint density at radius 3 is 2.79 bits per heavy atom. The molecule has 33 heavy (non-hydrogen) atoms. The van der Waals surface area contributed by atoms with Crippen LogP contribution in [0.1, 0.15) is 15.2 Å². The molecule has 0 aliphatic heterocycles. The second kappa shape index (κ2) is 9.35. The van der Waals surface area contributed by atoms with Crippen molar-refractivity contribution in [2.75, 3.05) is 5.32 Å². The monoisotopic (exact) mass is 473 g/mol. The molecule has 5 rings (SSSR count). The van der Waals surface area contributed by atoms with Crippen molar-refractivity contribution in [3.63, 3.8) is 0 Å². The van der Waals surface area contributed by atoms with Gasteiger partial charge in [0.1, 0.15) is 6.04 Å². The summed E-state index contributed by atoms with van der Waals surface area (Å²) in [4.78, 5) is 38.4. The van der Waals surface area contributed by atoms with Crippen molar-refractivity contribution in [3.05, 3.63) is 88.3 Å². The number of thiophene rings is 1. The molecule has 4 heterocycles. The van der Waals surface area contributed by atoms with Gasteiger partial charge in [-0.2, -0.15) is 0 Å². The number of thiazole rings is 1. The molecule has 3 N–H and O–H groups in total. The van der Waals surface area contributed by atoms with E-state index in [-0.39, 0.29) is 11.8 Å². The highest BCUT2D eigenvalue weighted by atomic mass is 32.1. The molecule has 9 heteroatoms. The lowest BCUT2D eigenvalue weighted by Gasteiger charge is -2.17. The van der Waals surface area contributed by atoms with Gasteiger partial charge in [-0.15, -0.1) is 22.7 Å². The molecule has 0 saturated heterocycles. The predicted molar refractivity (Wildman–Crippen MR) is 132 cm³/mol. The zero-order chi connectivity index (χ0) is 22.6. The number of hydrogen-bond donors (Lipinski definition) is 3. The zero-order valence-corrected chi connectivity index (χ0v) is 19.0. The number of nitrogens with zero attached hydrogens (tertiary/aromatic N) is 2. The highest BCUT2D eigenvalue weighted by Gasteiger charge is 2.24. The van der Waals surface area contributed by atoms with Crippen molar-refractivity contribution in [1.82, 2.24) is 20.3 Å². The summed E-state index contributed by atoms with van der Waals surface area (Å²) >= 11 is 2.66. The van der Waals surface area contributed by atoms with Gasteiger partial charge in [0, 0.05) is 46.9 Å². The maximum atomic E-state index is 13.2. The topological polar surface area (TPSA) is 99.8 Å². The van der Waals surface area contributed by atoms with Gasteiger partial charge in [-0.3, -0.25) is 14.6 Å². The number of aromatic nitrogens is 3. The second-order valence-corrected chi connectivity index (χ2v) is 9.14. The van der Waals surface area contributed by atoms with E-state index in [0.717, 1.165) is 27.7 Å². The van der Waals surface area contributed by atoms with Crippen LogP contribution in [0.2, 0.25) is 0 Å². The number of carbonyl (C=O) groups excluding carboxylic acids is 2.